The van der Waals surface area contributed by atoms with E-state index < -0.39 is 47.5 Å². The summed E-state index contributed by atoms with van der Waals surface area (Å²) in [6.45, 7) is 1.64. The minimum atomic E-state index is -1.23. The minimum absolute atomic E-state index is 0.0414. The fourth-order valence-corrected chi connectivity index (χ4v) is 5.57. The van der Waals surface area contributed by atoms with Crippen molar-refractivity contribution in [1.29, 1.82) is 0 Å². The quantitative estimate of drug-likeness (QED) is 0.123. The first-order valence-electron chi connectivity index (χ1n) is 16.5. The van der Waals surface area contributed by atoms with Gasteiger partial charge in [-0.25, -0.2) is 0 Å². The number of pyridine rings is 1. The summed E-state index contributed by atoms with van der Waals surface area (Å²) >= 11 is 0. The number of benzene rings is 3. The number of methoxy groups -OCH3 is 1. The zero-order chi connectivity index (χ0) is 36.3. The van der Waals surface area contributed by atoms with Crippen molar-refractivity contribution in [3.05, 3.63) is 132 Å². The van der Waals surface area contributed by atoms with Crippen LogP contribution in [0.5, 0.6) is 5.75 Å². The molecule has 4 amide bonds. The molecule has 0 saturated heterocycles. The van der Waals surface area contributed by atoms with Crippen LogP contribution < -0.4 is 26.0 Å². The van der Waals surface area contributed by atoms with E-state index in [0.29, 0.717) is 22.5 Å². The lowest BCUT2D eigenvalue weighted by molar-refractivity contribution is -0.140. The number of carbonyl (C=O) groups is 5. The van der Waals surface area contributed by atoms with Gasteiger partial charge < -0.3 is 30.6 Å². The van der Waals surface area contributed by atoms with E-state index in [0.717, 1.165) is 16.6 Å². The first-order valence-corrected chi connectivity index (χ1v) is 16.5. The van der Waals surface area contributed by atoms with Gasteiger partial charge in [0, 0.05) is 32.6 Å². The second-order valence-corrected chi connectivity index (χ2v) is 12.1. The largest absolute Gasteiger partial charge is 0.497 e. The molecule has 0 unspecified atom stereocenters. The number of Topliss-reactive ketones (excluding diaryl/α,β-unsaturated/α-hetero) is 1. The monoisotopic (exact) mass is 688 g/mol. The van der Waals surface area contributed by atoms with Gasteiger partial charge in [-0.3, -0.25) is 29.0 Å². The van der Waals surface area contributed by atoms with Crippen LogP contribution in [0.2, 0.25) is 0 Å². The SMILES string of the molecule is COc1ccc(C[C@H](NC(=O)[C@H](C)NC(=O)c2cc3ncccc3n2C)C(=O)N[C@@H](Cc2ccccc2)C(=O)C(=O)NCc2ccccc2)cc1. The number of ketones is 1. The Morgan fingerprint density at radius 1 is 0.725 bits per heavy atom. The molecule has 12 heteroatoms. The van der Waals surface area contributed by atoms with Crippen LogP contribution in [0.1, 0.15) is 34.1 Å². The number of amides is 4. The number of nitrogens with one attached hydrogen (secondary N) is 4. The average Bonchev–Trinajstić information content (AvgIpc) is 3.50. The van der Waals surface area contributed by atoms with Crippen LogP contribution in [0.25, 0.3) is 11.0 Å². The molecule has 0 spiro atoms. The smallest absolute Gasteiger partial charge is 0.289 e. The molecule has 0 aliphatic heterocycles. The van der Waals surface area contributed by atoms with Gasteiger partial charge in [0.15, 0.2) is 0 Å². The number of hydrogen-bond donors (Lipinski definition) is 4. The predicted molar refractivity (Wildman–Crippen MR) is 192 cm³/mol. The molecular formula is C39H40N6O6. The molecule has 3 aromatic carbocycles. The summed E-state index contributed by atoms with van der Waals surface area (Å²) < 4.78 is 6.94. The Hall–Kier alpha value is -6.30. The molecule has 0 bridgehead atoms. The Balaban J connectivity index is 1.33. The molecule has 262 valence electrons. The van der Waals surface area contributed by atoms with E-state index in [-0.39, 0.29) is 19.4 Å². The van der Waals surface area contributed by atoms with E-state index in [2.05, 4.69) is 26.3 Å². The van der Waals surface area contributed by atoms with Crippen molar-refractivity contribution in [2.24, 2.45) is 7.05 Å². The van der Waals surface area contributed by atoms with Crippen molar-refractivity contribution in [1.82, 2.24) is 30.8 Å². The normalized spacial score (nSPS) is 12.6. The lowest BCUT2D eigenvalue weighted by Crippen LogP contribution is -2.57. The highest BCUT2D eigenvalue weighted by Gasteiger charge is 2.32. The van der Waals surface area contributed by atoms with E-state index in [1.807, 2.05) is 42.5 Å². The molecule has 0 saturated carbocycles. The van der Waals surface area contributed by atoms with Crippen LogP contribution in [0.15, 0.2) is 109 Å². The van der Waals surface area contributed by atoms with Crippen LogP contribution in [0.3, 0.4) is 0 Å². The number of aromatic nitrogens is 2. The Morgan fingerprint density at radius 3 is 1.98 bits per heavy atom. The van der Waals surface area contributed by atoms with Crippen LogP contribution in [-0.4, -0.2) is 64.2 Å². The molecule has 0 aliphatic carbocycles. The number of nitrogens with zero attached hydrogens (tertiary/aromatic N) is 2. The Morgan fingerprint density at radius 2 is 1.33 bits per heavy atom. The second-order valence-electron chi connectivity index (χ2n) is 12.1. The molecule has 3 atom stereocenters. The molecule has 4 N–H and O–H groups in total. The van der Waals surface area contributed by atoms with Crippen LogP contribution >= 0.6 is 0 Å². The maximum Gasteiger partial charge on any atom is 0.289 e. The number of fused-ring (bicyclic) bond motifs is 1. The Bertz CT molecular complexity index is 2000. The minimum Gasteiger partial charge on any atom is -0.497 e. The molecule has 0 fully saturated rings. The predicted octanol–water partition coefficient (Wildman–Crippen LogP) is 3.04. The summed E-state index contributed by atoms with van der Waals surface area (Å²) in [5, 5.41) is 10.8. The third-order valence-corrected chi connectivity index (χ3v) is 8.45. The van der Waals surface area contributed by atoms with Crippen molar-refractivity contribution in [3.8, 4) is 5.75 Å². The first-order chi connectivity index (χ1) is 24.6. The van der Waals surface area contributed by atoms with Gasteiger partial charge in [-0.1, -0.05) is 72.8 Å². The van der Waals surface area contributed by atoms with Crippen LogP contribution in [0.4, 0.5) is 0 Å². The number of aryl methyl sites for hydroxylation is 1. The lowest BCUT2D eigenvalue weighted by atomic mass is 9.99. The summed E-state index contributed by atoms with van der Waals surface area (Å²) in [6, 6.07) is 26.9. The van der Waals surface area contributed by atoms with E-state index in [1.165, 1.54) is 14.0 Å². The van der Waals surface area contributed by atoms with E-state index >= 15 is 0 Å². The number of rotatable bonds is 15. The Kier molecular flexibility index (Phi) is 11.9. The number of ether oxygens (including phenoxy) is 1. The average molecular weight is 689 g/mol. The van der Waals surface area contributed by atoms with Gasteiger partial charge in [0.1, 0.15) is 29.6 Å². The highest BCUT2D eigenvalue weighted by atomic mass is 16.5. The third kappa shape index (κ3) is 9.44. The van der Waals surface area contributed by atoms with Crippen molar-refractivity contribution >= 4 is 40.4 Å². The van der Waals surface area contributed by atoms with Gasteiger partial charge in [0.05, 0.1) is 18.1 Å². The molecule has 2 heterocycles. The van der Waals surface area contributed by atoms with Gasteiger partial charge in [0.25, 0.3) is 11.8 Å². The molecule has 0 radical (unpaired) electrons. The van der Waals surface area contributed by atoms with Crippen molar-refractivity contribution in [2.45, 2.75) is 44.4 Å². The molecule has 5 rings (SSSR count). The van der Waals surface area contributed by atoms with Gasteiger partial charge in [0.2, 0.25) is 17.6 Å². The summed E-state index contributed by atoms with van der Waals surface area (Å²) in [4.78, 5) is 71.7. The highest BCUT2D eigenvalue weighted by molar-refractivity contribution is 6.38. The fraction of sp³-hybridized carbons (Fsp3) is 0.231. The third-order valence-electron chi connectivity index (χ3n) is 8.45. The van der Waals surface area contributed by atoms with Crippen molar-refractivity contribution in [2.75, 3.05) is 7.11 Å². The lowest BCUT2D eigenvalue weighted by Gasteiger charge is -2.24. The summed E-state index contributed by atoms with van der Waals surface area (Å²) in [6.07, 6.45) is 1.71. The number of hydrogen-bond acceptors (Lipinski definition) is 7. The van der Waals surface area contributed by atoms with E-state index in [4.69, 9.17) is 4.74 Å². The molecule has 5 aromatic rings. The van der Waals surface area contributed by atoms with E-state index in [1.54, 1.807) is 78.5 Å². The Labute approximate surface area is 295 Å². The van der Waals surface area contributed by atoms with Gasteiger partial charge in [-0.15, -0.1) is 0 Å². The summed E-state index contributed by atoms with van der Waals surface area (Å²) in [5.41, 5.74) is 3.92. The molecule has 2 aromatic heterocycles. The fourth-order valence-electron chi connectivity index (χ4n) is 5.57. The highest BCUT2D eigenvalue weighted by Crippen LogP contribution is 2.17. The van der Waals surface area contributed by atoms with Crippen LogP contribution in [0, 0.1) is 0 Å². The standard InChI is InChI=1S/C39H40N6O6/c1-25(42-38(49)34-23-30-33(45(34)2)15-10-20-40-30)36(47)44-32(22-27-16-18-29(51-3)19-17-27)37(48)43-31(21-26-11-6-4-7-12-26)35(46)39(50)41-24-28-13-8-5-9-14-28/h4-20,23,25,31-32H,21-22,24H2,1-3H3,(H,41,50)(H,42,49)(H,43,48)(H,44,47)/t25-,31-,32-/m0/s1. The molecule has 12 nitrogen and oxygen atoms in total. The van der Waals surface area contributed by atoms with Gasteiger partial charge in [-0.2, -0.15) is 0 Å². The first kappa shape index (κ1) is 36.0. The second kappa shape index (κ2) is 16.9. The molecule has 51 heavy (non-hydrogen) atoms. The van der Waals surface area contributed by atoms with Crippen molar-refractivity contribution in [3.63, 3.8) is 0 Å². The maximum atomic E-state index is 14.0. The molecule has 0 aliphatic rings. The zero-order valence-electron chi connectivity index (χ0n) is 28.6. The maximum absolute atomic E-state index is 14.0. The van der Waals surface area contributed by atoms with Crippen LogP contribution in [-0.2, 0) is 45.6 Å². The summed E-state index contributed by atoms with van der Waals surface area (Å²) in [5.74, 6) is -2.87. The van der Waals surface area contributed by atoms with Crippen molar-refractivity contribution < 1.29 is 28.7 Å². The molecular weight excluding hydrogens is 648 g/mol. The summed E-state index contributed by atoms with van der Waals surface area (Å²) in [7, 11) is 3.27. The van der Waals surface area contributed by atoms with E-state index in [9.17, 15) is 24.0 Å². The van der Waals surface area contributed by atoms with Gasteiger partial charge in [-0.05, 0) is 53.9 Å². The topological polar surface area (TPSA) is 161 Å². The zero-order valence-corrected chi connectivity index (χ0v) is 28.6. The number of carbonyl (C=O) groups excluding carboxylic acids is 5. The van der Waals surface area contributed by atoms with Gasteiger partial charge >= 0.3 is 0 Å².